The molecule has 1 aliphatic carbocycles. The topological polar surface area (TPSA) is 66.5 Å². The van der Waals surface area contributed by atoms with Gasteiger partial charge in [0.15, 0.2) is 0 Å². The van der Waals surface area contributed by atoms with Crippen LogP contribution in [0.5, 0.6) is 0 Å². The lowest BCUT2D eigenvalue weighted by molar-refractivity contribution is -0.119. The Balaban J connectivity index is 1.92. The third-order valence-corrected chi connectivity index (χ3v) is 6.53. The van der Waals surface area contributed by atoms with E-state index in [0.717, 1.165) is 28.5 Å². The van der Waals surface area contributed by atoms with Crippen molar-refractivity contribution in [1.82, 2.24) is 5.32 Å². The van der Waals surface area contributed by atoms with Crippen molar-refractivity contribution in [3.05, 3.63) is 47.6 Å². The van der Waals surface area contributed by atoms with E-state index in [0.29, 0.717) is 0 Å². The molecule has 0 aliphatic heterocycles. The normalized spacial score (nSPS) is 14.5. The summed E-state index contributed by atoms with van der Waals surface area (Å²) in [5.41, 5.74) is 0.255. The number of rotatable bonds is 6. The van der Waals surface area contributed by atoms with Crippen LogP contribution in [0.4, 0.5) is 10.1 Å². The molecule has 1 fully saturated rings. The molecule has 5 nitrogen and oxygen atoms in total. The van der Waals surface area contributed by atoms with Gasteiger partial charge < -0.3 is 5.32 Å². The summed E-state index contributed by atoms with van der Waals surface area (Å²) in [5, 5.41) is 4.42. The summed E-state index contributed by atoms with van der Waals surface area (Å²) in [4.78, 5) is 12.1. The Kier molecular flexibility index (Phi) is 4.36. The molecule has 1 aromatic heterocycles. The van der Waals surface area contributed by atoms with E-state index >= 15 is 0 Å². The average molecular weight is 354 g/mol. The van der Waals surface area contributed by atoms with Crippen LogP contribution in [0.25, 0.3) is 0 Å². The predicted octanol–water partition coefficient (Wildman–Crippen LogP) is 2.36. The van der Waals surface area contributed by atoms with E-state index in [9.17, 15) is 17.6 Å². The third-order valence-electron chi connectivity index (χ3n) is 3.38. The van der Waals surface area contributed by atoms with Crippen LogP contribution in [0.2, 0.25) is 0 Å². The van der Waals surface area contributed by atoms with Gasteiger partial charge in [0.25, 0.3) is 10.0 Å². The highest BCUT2D eigenvalue weighted by Crippen LogP contribution is 2.27. The Bertz CT molecular complexity index is 785. The number of carbonyl (C=O) groups excluding carboxylic acids is 1. The molecule has 3 rings (SSSR count). The molecule has 0 spiro atoms. The minimum atomic E-state index is -3.87. The zero-order valence-electron chi connectivity index (χ0n) is 12.1. The lowest BCUT2D eigenvalue weighted by Gasteiger charge is -2.23. The van der Waals surface area contributed by atoms with Gasteiger partial charge in [0.1, 0.15) is 16.6 Å². The largest absolute Gasteiger partial charge is 0.352 e. The smallest absolute Gasteiger partial charge is 0.274 e. The summed E-state index contributed by atoms with van der Waals surface area (Å²) < 4.78 is 39.8. The van der Waals surface area contributed by atoms with E-state index in [1.54, 1.807) is 11.4 Å². The zero-order valence-corrected chi connectivity index (χ0v) is 13.7. The van der Waals surface area contributed by atoms with Crippen LogP contribution in [-0.2, 0) is 14.8 Å². The Hall–Kier alpha value is -1.93. The number of benzene rings is 1. The van der Waals surface area contributed by atoms with Crippen LogP contribution in [0.3, 0.4) is 0 Å². The number of halogens is 1. The van der Waals surface area contributed by atoms with Gasteiger partial charge in [-0.3, -0.25) is 9.10 Å². The standard InChI is InChI=1S/C15H15FN2O3S2/c16-11-3-7-13(8-4-11)18(10-14(19)17-12-5-6-12)23(20,21)15-2-1-9-22-15/h1-4,7-9,12H,5-6,10H2,(H,17,19). The van der Waals surface area contributed by atoms with Gasteiger partial charge in [-0.25, -0.2) is 12.8 Å². The molecule has 8 heteroatoms. The fourth-order valence-electron chi connectivity index (χ4n) is 2.07. The second-order valence-corrected chi connectivity index (χ2v) is 8.30. The maximum atomic E-state index is 13.1. The quantitative estimate of drug-likeness (QED) is 0.866. The highest BCUT2D eigenvalue weighted by Gasteiger charge is 2.30. The van der Waals surface area contributed by atoms with Gasteiger partial charge in [-0.2, -0.15) is 0 Å². The van der Waals surface area contributed by atoms with Crippen molar-refractivity contribution in [2.24, 2.45) is 0 Å². The van der Waals surface area contributed by atoms with Crippen molar-refractivity contribution < 1.29 is 17.6 Å². The summed E-state index contributed by atoms with van der Waals surface area (Å²) in [5.74, 6) is -0.832. The molecule has 1 aromatic carbocycles. The zero-order chi connectivity index (χ0) is 16.4. The monoisotopic (exact) mass is 354 g/mol. The first-order valence-corrected chi connectivity index (χ1v) is 9.40. The van der Waals surface area contributed by atoms with Gasteiger partial charge in [0.2, 0.25) is 5.91 Å². The Morgan fingerprint density at radius 3 is 2.52 bits per heavy atom. The summed E-state index contributed by atoms with van der Waals surface area (Å²) in [6.45, 7) is -0.331. The molecule has 1 heterocycles. The summed E-state index contributed by atoms with van der Waals surface area (Å²) >= 11 is 1.07. The van der Waals surface area contributed by atoms with Crippen molar-refractivity contribution in [3.8, 4) is 0 Å². The van der Waals surface area contributed by atoms with Crippen LogP contribution in [0, 0.1) is 5.82 Å². The number of hydrogen-bond donors (Lipinski definition) is 1. The van der Waals surface area contributed by atoms with Crippen molar-refractivity contribution in [2.75, 3.05) is 10.8 Å². The molecule has 122 valence electrons. The van der Waals surface area contributed by atoms with Crippen molar-refractivity contribution in [3.63, 3.8) is 0 Å². The Morgan fingerprint density at radius 2 is 1.96 bits per heavy atom. The fourth-order valence-corrected chi connectivity index (χ4v) is 4.60. The summed E-state index contributed by atoms with van der Waals surface area (Å²) in [6, 6.07) is 8.30. The molecular formula is C15H15FN2O3S2. The number of hydrogen-bond acceptors (Lipinski definition) is 4. The van der Waals surface area contributed by atoms with Crippen LogP contribution in [-0.4, -0.2) is 26.9 Å². The lowest BCUT2D eigenvalue weighted by Crippen LogP contribution is -2.41. The van der Waals surface area contributed by atoms with Crippen molar-refractivity contribution in [1.29, 1.82) is 0 Å². The number of sulfonamides is 1. The van der Waals surface area contributed by atoms with Crippen LogP contribution >= 0.6 is 11.3 Å². The van der Waals surface area contributed by atoms with Crippen molar-refractivity contribution in [2.45, 2.75) is 23.1 Å². The molecule has 1 aliphatic rings. The molecule has 2 aromatic rings. The minimum absolute atomic E-state index is 0.140. The Labute approximate surface area is 137 Å². The van der Waals surface area contributed by atoms with E-state index in [1.165, 1.54) is 30.3 Å². The summed E-state index contributed by atoms with van der Waals surface area (Å²) in [7, 11) is -3.87. The summed E-state index contributed by atoms with van der Waals surface area (Å²) in [6.07, 6.45) is 1.83. The molecule has 0 bridgehead atoms. The number of nitrogens with zero attached hydrogens (tertiary/aromatic N) is 1. The molecule has 0 unspecified atom stereocenters. The van der Waals surface area contributed by atoms with E-state index in [4.69, 9.17) is 0 Å². The first-order chi connectivity index (χ1) is 11.0. The van der Waals surface area contributed by atoms with Crippen molar-refractivity contribution >= 4 is 33.0 Å². The third kappa shape index (κ3) is 3.70. The number of amides is 1. The highest BCUT2D eigenvalue weighted by atomic mass is 32.2. The minimum Gasteiger partial charge on any atom is -0.352 e. The molecule has 1 saturated carbocycles. The molecular weight excluding hydrogens is 339 g/mol. The van der Waals surface area contributed by atoms with Gasteiger partial charge in [-0.05, 0) is 48.6 Å². The van der Waals surface area contributed by atoms with Crippen LogP contribution < -0.4 is 9.62 Å². The molecule has 23 heavy (non-hydrogen) atoms. The average Bonchev–Trinajstić information content (AvgIpc) is 3.14. The predicted molar refractivity (Wildman–Crippen MR) is 86.4 cm³/mol. The SMILES string of the molecule is O=C(CN(c1ccc(F)cc1)S(=O)(=O)c1cccs1)NC1CC1. The van der Waals surface area contributed by atoms with Crippen LogP contribution in [0.1, 0.15) is 12.8 Å². The number of anilines is 1. The molecule has 0 radical (unpaired) electrons. The Morgan fingerprint density at radius 1 is 1.26 bits per heavy atom. The van der Waals surface area contributed by atoms with Gasteiger partial charge in [0, 0.05) is 6.04 Å². The lowest BCUT2D eigenvalue weighted by atomic mass is 10.3. The van der Waals surface area contributed by atoms with E-state index < -0.39 is 15.8 Å². The van der Waals surface area contributed by atoms with Gasteiger partial charge in [-0.1, -0.05) is 6.07 Å². The molecule has 1 amide bonds. The first kappa shape index (κ1) is 15.9. The van der Waals surface area contributed by atoms with E-state index in [2.05, 4.69) is 5.32 Å². The number of carbonyl (C=O) groups is 1. The second kappa shape index (κ2) is 6.29. The van der Waals surface area contributed by atoms with Gasteiger partial charge >= 0.3 is 0 Å². The molecule has 0 atom stereocenters. The first-order valence-electron chi connectivity index (χ1n) is 7.08. The van der Waals surface area contributed by atoms with E-state index in [1.807, 2.05) is 0 Å². The maximum absolute atomic E-state index is 13.1. The maximum Gasteiger partial charge on any atom is 0.274 e. The molecule has 1 N–H and O–H groups in total. The van der Waals surface area contributed by atoms with E-state index in [-0.39, 0.29) is 28.4 Å². The van der Waals surface area contributed by atoms with Crippen LogP contribution in [0.15, 0.2) is 46.0 Å². The fraction of sp³-hybridized carbons (Fsp3) is 0.267. The highest BCUT2D eigenvalue weighted by molar-refractivity contribution is 7.94. The second-order valence-electron chi connectivity index (χ2n) is 5.26. The molecule has 0 saturated heterocycles. The van der Waals surface area contributed by atoms with Gasteiger partial charge in [-0.15, -0.1) is 11.3 Å². The number of nitrogens with one attached hydrogen (secondary N) is 1. The number of thiophene rings is 1. The van der Waals surface area contributed by atoms with Gasteiger partial charge in [0.05, 0.1) is 5.69 Å².